The van der Waals surface area contributed by atoms with Crippen LogP contribution in [0.3, 0.4) is 0 Å². The second-order valence-electron chi connectivity index (χ2n) is 9.88. The Kier molecular flexibility index (Phi) is 11.2. The van der Waals surface area contributed by atoms with Crippen molar-refractivity contribution >= 4 is 23.2 Å². The van der Waals surface area contributed by atoms with Gasteiger partial charge in [-0.2, -0.15) is 5.10 Å². The fourth-order valence-corrected chi connectivity index (χ4v) is 4.47. The summed E-state index contributed by atoms with van der Waals surface area (Å²) in [7, 11) is 0. The van der Waals surface area contributed by atoms with Crippen LogP contribution in [-0.2, 0) is 16.0 Å². The van der Waals surface area contributed by atoms with Crippen LogP contribution in [0.1, 0.15) is 49.7 Å². The van der Waals surface area contributed by atoms with Crippen LogP contribution in [-0.4, -0.2) is 62.3 Å². The molecule has 1 aliphatic heterocycles. The molecular formula is C29H38ClN3O5. The molecule has 1 heterocycles. The Hall–Kier alpha value is -2.65. The lowest BCUT2D eigenvalue weighted by Gasteiger charge is -2.24. The molecule has 206 valence electrons. The number of hydrogen-bond acceptors (Lipinski definition) is 7. The average molecular weight is 544 g/mol. The minimum atomic E-state index is -0.607. The van der Waals surface area contributed by atoms with Crippen molar-refractivity contribution in [1.82, 2.24) is 10.7 Å². The minimum absolute atomic E-state index is 0.0747. The Balaban J connectivity index is 1.04. The third-order valence-corrected chi connectivity index (χ3v) is 7.08. The molecule has 8 nitrogen and oxygen atoms in total. The van der Waals surface area contributed by atoms with Gasteiger partial charge in [0, 0.05) is 26.0 Å². The molecule has 1 atom stereocenters. The van der Waals surface area contributed by atoms with E-state index in [1.165, 1.54) is 24.8 Å². The lowest BCUT2D eigenvalue weighted by molar-refractivity contribution is -0.121. The number of rotatable bonds is 16. The highest BCUT2D eigenvalue weighted by molar-refractivity contribution is 6.32. The van der Waals surface area contributed by atoms with Crippen molar-refractivity contribution in [1.29, 1.82) is 0 Å². The maximum absolute atomic E-state index is 11.3. The first-order valence-corrected chi connectivity index (χ1v) is 13.9. The molecule has 2 aromatic rings. The van der Waals surface area contributed by atoms with Gasteiger partial charge in [-0.05, 0) is 79.6 Å². The third-order valence-electron chi connectivity index (χ3n) is 6.78. The summed E-state index contributed by atoms with van der Waals surface area (Å²) in [5, 5.41) is 18.0. The molecule has 9 heteroatoms. The highest BCUT2D eigenvalue weighted by Crippen LogP contribution is 2.27. The summed E-state index contributed by atoms with van der Waals surface area (Å²) < 4.78 is 17.3. The van der Waals surface area contributed by atoms with Crippen LogP contribution in [0, 0.1) is 5.92 Å². The fraction of sp³-hybridized carbons (Fsp3) is 0.517. The first-order chi connectivity index (χ1) is 18.6. The van der Waals surface area contributed by atoms with E-state index in [0.29, 0.717) is 43.3 Å². The molecule has 3 N–H and O–H groups in total. The fourth-order valence-electron chi connectivity index (χ4n) is 4.23. The largest absolute Gasteiger partial charge is 0.492 e. The summed E-state index contributed by atoms with van der Waals surface area (Å²) in [4.78, 5) is 11.3. The molecule has 0 bridgehead atoms. The lowest BCUT2D eigenvalue weighted by atomic mass is 9.86. The molecule has 0 saturated heterocycles. The minimum Gasteiger partial charge on any atom is -0.492 e. The van der Waals surface area contributed by atoms with Crippen molar-refractivity contribution in [3.63, 3.8) is 0 Å². The van der Waals surface area contributed by atoms with Gasteiger partial charge in [0.15, 0.2) is 0 Å². The Morgan fingerprint density at radius 1 is 1.11 bits per heavy atom. The van der Waals surface area contributed by atoms with Crippen LogP contribution in [0.5, 0.6) is 11.5 Å². The van der Waals surface area contributed by atoms with Gasteiger partial charge in [0.25, 0.3) is 0 Å². The third kappa shape index (κ3) is 9.27. The van der Waals surface area contributed by atoms with E-state index < -0.39 is 6.10 Å². The van der Waals surface area contributed by atoms with Crippen LogP contribution >= 0.6 is 11.6 Å². The van der Waals surface area contributed by atoms with Gasteiger partial charge < -0.3 is 24.6 Å². The second kappa shape index (κ2) is 15.1. The van der Waals surface area contributed by atoms with Crippen molar-refractivity contribution in [2.24, 2.45) is 11.0 Å². The van der Waals surface area contributed by atoms with Gasteiger partial charge >= 0.3 is 0 Å². The predicted molar refractivity (Wildman–Crippen MR) is 148 cm³/mol. The Bertz CT molecular complexity index is 1060. The highest BCUT2D eigenvalue weighted by Gasteiger charge is 2.17. The summed E-state index contributed by atoms with van der Waals surface area (Å²) in [6, 6.07) is 13.5. The van der Waals surface area contributed by atoms with Crippen molar-refractivity contribution in [3.8, 4) is 11.5 Å². The number of ether oxygens (including phenoxy) is 3. The standard InChI is InChI=1S/C29H38ClN3O5/c30-26-17-23(27-10-12-29(35)33-32-27)7-11-28(26)37-15-2-14-31-18-24(34)20-38-25-8-5-21(6-9-25)13-16-36-19-22-3-1-4-22/h5-9,11,17,22,24,31,34H,1-4,10,12-16,18-20H2,(H,33,35). The number of aliphatic hydroxyl groups excluding tert-OH is 1. The van der Waals surface area contributed by atoms with Crippen molar-refractivity contribution < 1.29 is 24.1 Å². The van der Waals surface area contributed by atoms with Crippen LogP contribution < -0.4 is 20.2 Å². The number of carbonyl (C=O) groups excluding carboxylic acids is 1. The Morgan fingerprint density at radius 3 is 2.66 bits per heavy atom. The summed E-state index contributed by atoms with van der Waals surface area (Å²) >= 11 is 6.36. The van der Waals surface area contributed by atoms with Crippen LogP contribution in [0.25, 0.3) is 0 Å². The van der Waals surface area contributed by atoms with Gasteiger partial charge in [0.1, 0.15) is 24.2 Å². The monoisotopic (exact) mass is 543 g/mol. The normalized spacial score (nSPS) is 16.4. The topological polar surface area (TPSA) is 101 Å². The number of benzene rings is 2. The molecule has 0 aromatic heterocycles. The number of nitrogens with zero attached hydrogens (tertiary/aromatic N) is 1. The van der Waals surface area contributed by atoms with E-state index >= 15 is 0 Å². The molecule has 1 unspecified atom stereocenters. The first-order valence-electron chi connectivity index (χ1n) is 13.5. The molecule has 0 radical (unpaired) electrons. The van der Waals surface area contributed by atoms with Crippen molar-refractivity contribution in [2.75, 3.05) is 39.5 Å². The van der Waals surface area contributed by atoms with Crippen molar-refractivity contribution in [3.05, 3.63) is 58.6 Å². The van der Waals surface area contributed by atoms with Crippen molar-refractivity contribution in [2.45, 2.75) is 51.0 Å². The molecule has 1 fully saturated rings. The number of nitrogens with one attached hydrogen (secondary N) is 2. The molecule has 2 aliphatic rings. The zero-order valence-electron chi connectivity index (χ0n) is 21.8. The molecule has 1 aliphatic carbocycles. The molecule has 1 amide bonds. The Labute approximate surface area is 229 Å². The molecule has 0 spiro atoms. The van der Waals surface area contributed by atoms with E-state index in [0.717, 1.165) is 49.0 Å². The van der Waals surface area contributed by atoms with Gasteiger partial charge in [-0.25, -0.2) is 5.43 Å². The molecule has 2 aromatic carbocycles. The number of aliphatic hydroxyl groups is 1. The zero-order chi connectivity index (χ0) is 26.6. The Morgan fingerprint density at radius 2 is 1.95 bits per heavy atom. The summed E-state index contributed by atoms with van der Waals surface area (Å²) in [6.45, 7) is 3.50. The van der Waals surface area contributed by atoms with E-state index in [-0.39, 0.29) is 12.5 Å². The van der Waals surface area contributed by atoms with E-state index in [2.05, 4.69) is 28.0 Å². The molecule has 1 saturated carbocycles. The molecule has 4 rings (SSSR count). The maximum Gasteiger partial charge on any atom is 0.240 e. The van der Waals surface area contributed by atoms with E-state index in [9.17, 15) is 9.90 Å². The summed E-state index contributed by atoms with van der Waals surface area (Å²) in [6.07, 6.45) is 6.05. The SMILES string of the molecule is O=C1CCC(c2ccc(OCCCNCC(O)COc3ccc(CCOCC4CCC4)cc3)c(Cl)c2)=NN1. The van der Waals surface area contributed by atoms with Crippen LogP contribution in [0.15, 0.2) is 47.6 Å². The van der Waals surface area contributed by atoms with Gasteiger partial charge in [-0.1, -0.05) is 30.2 Å². The number of hydrogen-bond donors (Lipinski definition) is 3. The van der Waals surface area contributed by atoms with Crippen LogP contribution in [0.2, 0.25) is 5.02 Å². The van der Waals surface area contributed by atoms with Gasteiger partial charge in [0.2, 0.25) is 5.91 Å². The smallest absolute Gasteiger partial charge is 0.240 e. The predicted octanol–water partition coefficient (Wildman–Crippen LogP) is 4.11. The average Bonchev–Trinajstić information content (AvgIpc) is 2.90. The zero-order valence-corrected chi connectivity index (χ0v) is 22.5. The number of amides is 1. The molecule has 38 heavy (non-hydrogen) atoms. The van der Waals surface area contributed by atoms with E-state index in [1.807, 2.05) is 24.3 Å². The maximum atomic E-state index is 11.3. The number of carbonyl (C=O) groups is 1. The van der Waals surface area contributed by atoms with Gasteiger partial charge in [-0.15, -0.1) is 0 Å². The second-order valence-corrected chi connectivity index (χ2v) is 10.3. The highest BCUT2D eigenvalue weighted by atomic mass is 35.5. The molecular weight excluding hydrogens is 506 g/mol. The summed E-state index contributed by atoms with van der Waals surface area (Å²) in [5.41, 5.74) is 5.40. The number of hydrazone groups is 1. The lowest BCUT2D eigenvalue weighted by Crippen LogP contribution is -2.32. The van der Waals surface area contributed by atoms with Gasteiger partial charge in [-0.3, -0.25) is 4.79 Å². The first kappa shape index (κ1) is 28.4. The number of halogens is 1. The van der Waals surface area contributed by atoms with Crippen LogP contribution in [0.4, 0.5) is 0 Å². The summed E-state index contributed by atoms with van der Waals surface area (Å²) in [5.74, 6) is 2.06. The van der Waals surface area contributed by atoms with E-state index in [1.54, 1.807) is 6.07 Å². The quantitative estimate of drug-likeness (QED) is 0.275. The van der Waals surface area contributed by atoms with Gasteiger partial charge in [0.05, 0.1) is 23.9 Å². The van der Waals surface area contributed by atoms with E-state index in [4.69, 9.17) is 25.8 Å².